The fourth-order valence-electron chi connectivity index (χ4n) is 2.95. The number of fused-ring (bicyclic) bond motifs is 1. The largest absolute Gasteiger partial charge is 0.280 e. The molecule has 0 spiro atoms. The molecule has 0 atom stereocenters. The van der Waals surface area contributed by atoms with E-state index in [1.54, 1.807) is 6.07 Å². The van der Waals surface area contributed by atoms with Crippen molar-refractivity contribution in [2.45, 2.75) is 24.7 Å². The molecule has 1 heterocycles. The van der Waals surface area contributed by atoms with E-state index < -0.39 is 27.4 Å². The quantitative estimate of drug-likeness (QED) is 0.691. The zero-order valence-corrected chi connectivity index (χ0v) is 15.1. The summed E-state index contributed by atoms with van der Waals surface area (Å²) in [5.74, 6) is -2.98. The first-order chi connectivity index (χ1) is 12.2. The number of carbonyl (C=O) groups excluding carboxylic acids is 1. The van der Waals surface area contributed by atoms with Crippen molar-refractivity contribution in [1.29, 1.82) is 0 Å². The van der Waals surface area contributed by atoms with E-state index in [0.717, 1.165) is 18.7 Å². The molecule has 0 aliphatic rings. The summed E-state index contributed by atoms with van der Waals surface area (Å²) in [5, 5.41) is 0.557. The Morgan fingerprint density at radius 2 is 1.85 bits per heavy atom. The lowest BCUT2D eigenvalue weighted by Crippen LogP contribution is -2.17. The van der Waals surface area contributed by atoms with Crippen molar-refractivity contribution in [2.24, 2.45) is 0 Å². The number of sulfone groups is 1. The Labute approximate surface area is 150 Å². The summed E-state index contributed by atoms with van der Waals surface area (Å²) in [6, 6.07) is 9.56. The first-order valence-corrected chi connectivity index (χ1v) is 9.96. The van der Waals surface area contributed by atoms with Crippen molar-refractivity contribution in [3.05, 3.63) is 65.4 Å². The molecular weight excluding hydrogens is 360 g/mol. The van der Waals surface area contributed by atoms with Gasteiger partial charge in [0.15, 0.2) is 21.5 Å². The minimum atomic E-state index is -3.40. The fraction of sp³-hybridized carbons (Fsp3) is 0.211. The van der Waals surface area contributed by atoms with Gasteiger partial charge in [-0.25, -0.2) is 17.2 Å². The van der Waals surface area contributed by atoms with Crippen LogP contribution < -0.4 is 0 Å². The van der Waals surface area contributed by atoms with Gasteiger partial charge in [0.2, 0.25) is 0 Å². The highest BCUT2D eigenvalue weighted by atomic mass is 32.2. The zero-order chi connectivity index (χ0) is 19.1. The summed E-state index contributed by atoms with van der Waals surface area (Å²) in [7, 11) is -3.40. The number of aryl methyl sites for hydroxylation is 1. The van der Waals surface area contributed by atoms with Gasteiger partial charge < -0.3 is 0 Å². The molecule has 0 unspecified atom stereocenters. The maximum atomic E-state index is 14.1. The van der Waals surface area contributed by atoms with Crippen LogP contribution in [-0.2, 0) is 16.3 Å². The maximum absolute atomic E-state index is 14.1. The highest BCUT2D eigenvalue weighted by Gasteiger charge is 2.22. The molecule has 0 fully saturated rings. The van der Waals surface area contributed by atoms with E-state index in [2.05, 4.69) is 0 Å². The molecular formula is C19H17F2NO3S. The van der Waals surface area contributed by atoms with Crippen molar-refractivity contribution in [3.8, 4) is 0 Å². The molecule has 0 saturated carbocycles. The summed E-state index contributed by atoms with van der Waals surface area (Å²) >= 11 is 0. The van der Waals surface area contributed by atoms with Crippen molar-refractivity contribution in [3.63, 3.8) is 0 Å². The van der Waals surface area contributed by atoms with Crippen molar-refractivity contribution >= 4 is 26.6 Å². The number of nitrogens with zero attached hydrogens (tertiary/aromatic N) is 1. The van der Waals surface area contributed by atoms with Crippen molar-refractivity contribution in [1.82, 2.24) is 4.57 Å². The molecule has 7 heteroatoms. The summed E-state index contributed by atoms with van der Waals surface area (Å²) < 4.78 is 52.5. The summed E-state index contributed by atoms with van der Waals surface area (Å²) in [5.41, 5.74) is 0.698. The second-order valence-electron chi connectivity index (χ2n) is 6.12. The molecule has 2 aromatic carbocycles. The molecule has 136 valence electrons. The van der Waals surface area contributed by atoms with Crippen LogP contribution in [0.5, 0.6) is 0 Å². The monoisotopic (exact) mass is 377 g/mol. The number of aromatic nitrogens is 1. The lowest BCUT2D eigenvalue weighted by atomic mass is 10.1. The van der Waals surface area contributed by atoms with Crippen LogP contribution in [0.3, 0.4) is 0 Å². The Bertz CT molecular complexity index is 1120. The van der Waals surface area contributed by atoms with Gasteiger partial charge in [-0.05, 0) is 42.8 Å². The fourth-order valence-corrected chi connectivity index (χ4v) is 3.61. The minimum Gasteiger partial charge on any atom is -0.280 e. The molecule has 0 amide bonds. The molecule has 0 N–H and O–H groups in total. The van der Waals surface area contributed by atoms with E-state index in [0.29, 0.717) is 23.0 Å². The number of benzene rings is 2. The standard InChI is InChI=1S/C19H17F2NO3S/c1-3-5-13-10-12-11-14(26(2,24)25)8-9-17(12)22(13)19(23)15-6-4-7-16(20)18(15)21/h4,6-11H,3,5H2,1-2H3. The number of carbonyl (C=O) groups is 1. The zero-order valence-electron chi connectivity index (χ0n) is 14.3. The van der Waals surface area contributed by atoms with Crippen LogP contribution in [0.15, 0.2) is 47.4 Å². The second kappa shape index (κ2) is 6.64. The van der Waals surface area contributed by atoms with Crippen molar-refractivity contribution in [2.75, 3.05) is 6.26 Å². The molecule has 0 bridgehead atoms. The van der Waals surface area contributed by atoms with E-state index in [1.807, 2.05) is 6.92 Å². The Balaban J connectivity index is 2.25. The molecule has 1 aromatic heterocycles. The Morgan fingerprint density at radius 3 is 2.50 bits per heavy atom. The first kappa shape index (κ1) is 18.3. The summed E-state index contributed by atoms with van der Waals surface area (Å²) in [6.07, 6.45) is 2.37. The van der Waals surface area contributed by atoms with E-state index in [4.69, 9.17) is 0 Å². The van der Waals surface area contributed by atoms with Crippen LogP contribution in [0.2, 0.25) is 0 Å². The average molecular weight is 377 g/mol. The van der Waals surface area contributed by atoms with Crippen LogP contribution in [-0.4, -0.2) is 25.1 Å². The number of rotatable bonds is 4. The number of hydrogen-bond donors (Lipinski definition) is 0. The van der Waals surface area contributed by atoms with E-state index in [-0.39, 0.29) is 10.5 Å². The third-order valence-corrected chi connectivity index (χ3v) is 5.28. The highest BCUT2D eigenvalue weighted by molar-refractivity contribution is 7.90. The normalized spacial score (nSPS) is 11.8. The number of halogens is 2. The molecule has 3 rings (SSSR count). The van der Waals surface area contributed by atoms with Crippen LogP contribution in [0, 0.1) is 11.6 Å². The van der Waals surface area contributed by atoms with Gasteiger partial charge in [-0.1, -0.05) is 19.4 Å². The smallest absolute Gasteiger partial charge is 0.265 e. The van der Waals surface area contributed by atoms with Gasteiger partial charge in [0, 0.05) is 17.3 Å². The highest BCUT2D eigenvalue weighted by Crippen LogP contribution is 2.26. The van der Waals surface area contributed by atoms with Gasteiger partial charge in [0.1, 0.15) is 0 Å². The van der Waals surface area contributed by atoms with Gasteiger partial charge in [0.25, 0.3) is 5.91 Å². The van der Waals surface area contributed by atoms with Gasteiger partial charge in [0.05, 0.1) is 16.0 Å². The van der Waals surface area contributed by atoms with Crippen LogP contribution in [0.1, 0.15) is 29.4 Å². The molecule has 26 heavy (non-hydrogen) atoms. The summed E-state index contributed by atoms with van der Waals surface area (Å²) in [4.78, 5) is 13.0. The molecule has 0 aliphatic carbocycles. The molecule has 0 radical (unpaired) electrons. The van der Waals surface area contributed by atoms with Gasteiger partial charge in [-0.3, -0.25) is 9.36 Å². The Morgan fingerprint density at radius 1 is 1.12 bits per heavy atom. The molecule has 3 aromatic rings. The second-order valence-corrected chi connectivity index (χ2v) is 8.14. The Kier molecular flexibility index (Phi) is 4.66. The van der Waals surface area contributed by atoms with E-state index in [1.165, 1.54) is 34.9 Å². The lowest BCUT2D eigenvalue weighted by molar-refractivity contribution is 0.0957. The molecule has 0 saturated heterocycles. The number of hydrogen-bond acceptors (Lipinski definition) is 3. The maximum Gasteiger partial charge on any atom is 0.265 e. The minimum absolute atomic E-state index is 0.134. The molecule has 0 aliphatic heterocycles. The third kappa shape index (κ3) is 3.14. The molecule has 4 nitrogen and oxygen atoms in total. The average Bonchev–Trinajstić information content (AvgIpc) is 2.93. The summed E-state index contributed by atoms with van der Waals surface area (Å²) in [6.45, 7) is 1.93. The predicted octanol–water partition coefficient (Wildman–Crippen LogP) is 3.96. The van der Waals surface area contributed by atoms with Gasteiger partial charge in [-0.2, -0.15) is 0 Å². The topological polar surface area (TPSA) is 56.1 Å². The van der Waals surface area contributed by atoms with Crippen molar-refractivity contribution < 1.29 is 22.0 Å². The predicted molar refractivity (Wildman–Crippen MR) is 95.1 cm³/mol. The lowest BCUT2D eigenvalue weighted by Gasteiger charge is -2.10. The Hall–Kier alpha value is -2.54. The van der Waals surface area contributed by atoms with E-state index >= 15 is 0 Å². The van der Waals surface area contributed by atoms with Gasteiger partial charge >= 0.3 is 0 Å². The van der Waals surface area contributed by atoms with Gasteiger partial charge in [-0.15, -0.1) is 0 Å². The third-order valence-electron chi connectivity index (χ3n) is 4.17. The first-order valence-electron chi connectivity index (χ1n) is 8.07. The van der Waals surface area contributed by atoms with E-state index in [9.17, 15) is 22.0 Å². The van der Waals surface area contributed by atoms with Crippen LogP contribution >= 0.6 is 0 Å². The van der Waals surface area contributed by atoms with Crippen LogP contribution in [0.25, 0.3) is 10.9 Å². The SMILES string of the molecule is CCCc1cc2cc(S(C)(=O)=O)ccc2n1C(=O)c1cccc(F)c1F. The van der Waals surface area contributed by atoms with Crippen LogP contribution in [0.4, 0.5) is 8.78 Å².